The Kier molecular flexibility index (Phi) is 5.32. The minimum absolute atomic E-state index is 0.473. The fraction of sp³-hybridized carbons (Fsp3) is 0.524. The Morgan fingerprint density at radius 3 is 3.04 bits per heavy atom. The highest BCUT2D eigenvalue weighted by Gasteiger charge is 2.27. The molecule has 1 aromatic heterocycles. The number of fused-ring (bicyclic) bond motifs is 1. The van der Waals surface area contributed by atoms with Crippen LogP contribution in [-0.2, 0) is 13.5 Å². The SMILES string of the molecule is CN=C(NCC1CCOc2ccccc21)N1CCC(Cc2cnn(C)c2)C1. The van der Waals surface area contributed by atoms with Crippen molar-refractivity contribution in [2.45, 2.75) is 25.2 Å². The minimum Gasteiger partial charge on any atom is -0.493 e. The maximum atomic E-state index is 5.78. The Balaban J connectivity index is 1.32. The standard InChI is InChI=1S/C21H29N5O/c1-22-21(23-13-18-8-10-27-20-6-4-3-5-19(18)20)26-9-7-16(15-26)11-17-12-24-25(2)14-17/h3-6,12,14,16,18H,7-11,13,15H2,1-2H3,(H,22,23). The maximum Gasteiger partial charge on any atom is 0.193 e. The third-order valence-electron chi connectivity index (χ3n) is 5.67. The van der Waals surface area contributed by atoms with Gasteiger partial charge in [-0.1, -0.05) is 18.2 Å². The summed E-state index contributed by atoms with van der Waals surface area (Å²) in [4.78, 5) is 6.93. The Morgan fingerprint density at radius 2 is 2.22 bits per heavy atom. The first kappa shape index (κ1) is 17.9. The summed E-state index contributed by atoms with van der Waals surface area (Å²) in [7, 11) is 3.86. The van der Waals surface area contributed by atoms with Gasteiger partial charge >= 0.3 is 0 Å². The molecule has 6 heteroatoms. The lowest BCUT2D eigenvalue weighted by Crippen LogP contribution is -2.42. The van der Waals surface area contributed by atoms with E-state index in [-0.39, 0.29) is 0 Å². The molecule has 0 bridgehead atoms. The summed E-state index contributed by atoms with van der Waals surface area (Å²) in [5.74, 6) is 3.19. The largest absolute Gasteiger partial charge is 0.493 e. The fourth-order valence-electron chi connectivity index (χ4n) is 4.28. The van der Waals surface area contributed by atoms with Gasteiger partial charge in [-0.15, -0.1) is 0 Å². The van der Waals surface area contributed by atoms with Crippen LogP contribution in [0.4, 0.5) is 0 Å². The first-order valence-electron chi connectivity index (χ1n) is 9.88. The number of guanidine groups is 1. The van der Waals surface area contributed by atoms with E-state index in [4.69, 9.17) is 4.74 Å². The van der Waals surface area contributed by atoms with Crippen LogP contribution < -0.4 is 10.1 Å². The molecule has 0 aliphatic carbocycles. The molecule has 0 radical (unpaired) electrons. The van der Waals surface area contributed by atoms with Crippen LogP contribution in [0.25, 0.3) is 0 Å². The predicted molar refractivity (Wildman–Crippen MR) is 107 cm³/mol. The van der Waals surface area contributed by atoms with Crippen LogP contribution in [0.1, 0.15) is 29.9 Å². The van der Waals surface area contributed by atoms with Gasteiger partial charge in [0.15, 0.2) is 5.96 Å². The zero-order chi connectivity index (χ0) is 18.6. The van der Waals surface area contributed by atoms with Gasteiger partial charge in [0.2, 0.25) is 0 Å². The molecule has 4 rings (SSSR count). The highest BCUT2D eigenvalue weighted by Crippen LogP contribution is 2.32. The van der Waals surface area contributed by atoms with Crippen molar-refractivity contribution >= 4 is 5.96 Å². The van der Waals surface area contributed by atoms with Gasteiger partial charge in [-0.3, -0.25) is 9.67 Å². The molecule has 2 aromatic rings. The molecule has 144 valence electrons. The molecule has 27 heavy (non-hydrogen) atoms. The van der Waals surface area contributed by atoms with E-state index in [0.29, 0.717) is 11.8 Å². The molecule has 6 nitrogen and oxygen atoms in total. The van der Waals surface area contributed by atoms with Crippen LogP contribution in [0.2, 0.25) is 0 Å². The summed E-state index contributed by atoms with van der Waals surface area (Å²) in [6.07, 6.45) is 7.45. The quantitative estimate of drug-likeness (QED) is 0.666. The van der Waals surface area contributed by atoms with Crippen molar-refractivity contribution in [3.63, 3.8) is 0 Å². The number of aryl methyl sites for hydroxylation is 1. The van der Waals surface area contributed by atoms with Crippen molar-refractivity contribution in [2.75, 3.05) is 33.3 Å². The average Bonchev–Trinajstić information content (AvgIpc) is 3.32. The van der Waals surface area contributed by atoms with Crippen LogP contribution in [0, 0.1) is 5.92 Å². The van der Waals surface area contributed by atoms with E-state index in [9.17, 15) is 0 Å². The number of ether oxygens (including phenoxy) is 1. The van der Waals surface area contributed by atoms with E-state index in [1.54, 1.807) is 0 Å². The number of nitrogens with one attached hydrogen (secondary N) is 1. The predicted octanol–water partition coefficient (Wildman–Crippen LogP) is 2.43. The summed E-state index contributed by atoms with van der Waals surface area (Å²) < 4.78 is 7.67. The third-order valence-corrected chi connectivity index (χ3v) is 5.67. The average molecular weight is 367 g/mol. The molecule has 1 N–H and O–H groups in total. The molecule has 2 aliphatic rings. The molecule has 2 unspecified atom stereocenters. The Labute approximate surface area is 161 Å². The summed E-state index contributed by atoms with van der Waals surface area (Å²) in [6.45, 7) is 3.81. The van der Waals surface area contributed by atoms with E-state index >= 15 is 0 Å². The molecule has 3 heterocycles. The second kappa shape index (κ2) is 8.03. The Hall–Kier alpha value is -2.50. The summed E-state index contributed by atoms with van der Waals surface area (Å²) >= 11 is 0. The zero-order valence-corrected chi connectivity index (χ0v) is 16.3. The van der Waals surface area contributed by atoms with Crippen LogP contribution in [0.3, 0.4) is 0 Å². The molecular weight excluding hydrogens is 338 g/mol. The van der Waals surface area contributed by atoms with E-state index in [0.717, 1.165) is 50.8 Å². The van der Waals surface area contributed by atoms with E-state index < -0.39 is 0 Å². The normalized spacial score (nSPS) is 22.4. The number of hydrogen-bond acceptors (Lipinski definition) is 3. The highest BCUT2D eigenvalue weighted by atomic mass is 16.5. The molecule has 2 aliphatic heterocycles. The number of benzene rings is 1. The summed E-state index contributed by atoms with van der Waals surface area (Å²) in [5, 5.41) is 7.90. The molecule has 1 saturated heterocycles. The van der Waals surface area contributed by atoms with Crippen molar-refractivity contribution in [2.24, 2.45) is 18.0 Å². The smallest absolute Gasteiger partial charge is 0.193 e. The monoisotopic (exact) mass is 367 g/mol. The minimum atomic E-state index is 0.473. The summed E-state index contributed by atoms with van der Waals surface area (Å²) in [5.41, 5.74) is 2.63. The number of aliphatic imine (C=N–C) groups is 1. The van der Waals surface area contributed by atoms with E-state index in [1.807, 2.05) is 31.0 Å². The van der Waals surface area contributed by atoms with E-state index in [1.165, 1.54) is 17.5 Å². The number of aromatic nitrogens is 2. The molecule has 1 aromatic carbocycles. The van der Waals surface area contributed by atoms with Crippen LogP contribution >= 0.6 is 0 Å². The second-order valence-corrected chi connectivity index (χ2v) is 7.63. The summed E-state index contributed by atoms with van der Waals surface area (Å²) in [6, 6.07) is 8.39. The molecular formula is C21H29N5O. The van der Waals surface area contributed by atoms with Gasteiger partial charge in [-0.05, 0) is 42.4 Å². The number of para-hydroxylation sites is 1. The lowest BCUT2D eigenvalue weighted by atomic mass is 9.93. The first-order valence-corrected chi connectivity index (χ1v) is 9.88. The van der Waals surface area contributed by atoms with Gasteiger partial charge in [0, 0.05) is 45.8 Å². The van der Waals surface area contributed by atoms with Crippen molar-refractivity contribution in [1.29, 1.82) is 0 Å². The fourth-order valence-corrected chi connectivity index (χ4v) is 4.28. The molecule has 1 fully saturated rings. The topological polar surface area (TPSA) is 54.7 Å². The van der Waals surface area contributed by atoms with Crippen molar-refractivity contribution in [1.82, 2.24) is 20.0 Å². The van der Waals surface area contributed by atoms with E-state index in [2.05, 4.69) is 44.7 Å². The van der Waals surface area contributed by atoms with Gasteiger partial charge in [-0.25, -0.2) is 0 Å². The maximum absolute atomic E-state index is 5.78. The third kappa shape index (κ3) is 4.10. The van der Waals surface area contributed by atoms with Gasteiger partial charge in [0.05, 0.1) is 12.8 Å². The van der Waals surface area contributed by atoms with Crippen molar-refractivity contribution in [3.05, 3.63) is 47.8 Å². The van der Waals surface area contributed by atoms with Crippen LogP contribution in [0.5, 0.6) is 5.75 Å². The van der Waals surface area contributed by atoms with Crippen LogP contribution in [-0.4, -0.2) is 53.9 Å². The van der Waals surface area contributed by atoms with Gasteiger partial charge < -0.3 is 15.0 Å². The van der Waals surface area contributed by atoms with Gasteiger partial charge in [0.25, 0.3) is 0 Å². The zero-order valence-electron chi connectivity index (χ0n) is 16.3. The molecule has 2 atom stereocenters. The number of rotatable bonds is 4. The number of hydrogen-bond donors (Lipinski definition) is 1. The molecule has 0 amide bonds. The number of likely N-dealkylation sites (tertiary alicyclic amines) is 1. The Bertz CT molecular complexity index is 799. The Morgan fingerprint density at radius 1 is 1.33 bits per heavy atom. The van der Waals surface area contributed by atoms with Crippen LogP contribution in [0.15, 0.2) is 41.7 Å². The lowest BCUT2D eigenvalue weighted by molar-refractivity contribution is 0.266. The van der Waals surface area contributed by atoms with Gasteiger partial charge in [0.1, 0.15) is 5.75 Å². The molecule has 0 spiro atoms. The van der Waals surface area contributed by atoms with Gasteiger partial charge in [-0.2, -0.15) is 5.10 Å². The number of nitrogens with zero attached hydrogens (tertiary/aromatic N) is 4. The lowest BCUT2D eigenvalue weighted by Gasteiger charge is -2.28. The molecule has 0 saturated carbocycles. The van der Waals surface area contributed by atoms with Crippen molar-refractivity contribution in [3.8, 4) is 5.75 Å². The first-order chi connectivity index (χ1) is 13.2. The highest BCUT2D eigenvalue weighted by molar-refractivity contribution is 5.80. The van der Waals surface area contributed by atoms with Crippen molar-refractivity contribution < 1.29 is 4.74 Å². The second-order valence-electron chi connectivity index (χ2n) is 7.63.